The van der Waals surface area contributed by atoms with Gasteiger partial charge in [-0.2, -0.15) is 0 Å². The molecule has 2 aliphatic rings. The fourth-order valence-corrected chi connectivity index (χ4v) is 7.32. The number of phosphoric ester groups is 1. The second-order valence-electron chi connectivity index (χ2n) is 13.4. The molecule has 0 amide bonds. The van der Waals surface area contributed by atoms with Gasteiger partial charge in [0.15, 0.2) is 17.7 Å². The molecule has 0 radical (unpaired) electrons. The smallest absolute Gasteiger partial charge is 0.347 e. The number of hydrogen-bond acceptors (Lipinski definition) is 10. The average Bonchev–Trinajstić information content (AvgIpc) is 3.55. The lowest BCUT2D eigenvalue weighted by atomic mass is 10.0. The largest absolute Gasteiger partial charge is 0.475 e. The summed E-state index contributed by atoms with van der Waals surface area (Å²) in [6.45, 7) is 14.4. The zero-order chi connectivity index (χ0) is 30.8. The lowest BCUT2D eigenvalue weighted by molar-refractivity contribution is -0.199. The van der Waals surface area contributed by atoms with E-state index in [0.717, 1.165) is 16.3 Å². The molecule has 2 aliphatic heterocycles. The van der Waals surface area contributed by atoms with Crippen molar-refractivity contribution in [3.8, 4) is 11.3 Å². The van der Waals surface area contributed by atoms with Crippen molar-refractivity contribution >= 4 is 29.8 Å². The van der Waals surface area contributed by atoms with Gasteiger partial charge in [0.1, 0.15) is 35.8 Å². The van der Waals surface area contributed by atoms with Gasteiger partial charge in [0.05, 0.1) is 24.1 Å². The molecule has 0 bridgehead atoms. The Balaban J connectivity index is 1.30. The molecule has 0 unspecified atom stereocenters. The quantitative estimate of drug-likeness (QED) is 0.206. The maximum Gasteiger partial charge on any atom is 0.475 e. The van der Waals surface area contributed by atoms with Crippen molar-refractivity contribution in [2.24, 2.45) is 0 Å². The third-order valence-electron chi connectivity index (χ3n) is 6.95. The van der Waals surface area contributed by atoms with Crippen LogP contribution >= 0.6 is 7.82 Å². The molecule has 0 N–H and O–H groups in total. The van der Waals surface area contributed by atoms with Gasteiger partial charge in [-0.05, 0) is 72.2 Å². The molecule has 0 aliphatic carbocycles. The summed E-state index contributed by atoms with van der Waals surface area (Å²) in [5.41, 5.74) is 1.34. The first kappa shape index (κ1) is 30.3. The molecule has 4 aromatic rings. The van der Waals surface area contributed by atoms with Gasteiger partial charge >= 0.3 is 7.82 Å². The van der Waals surface area contributed by atoms with E-state index in [1.54, 1.807) is 47.9 Å². The van der Waals surface area contributed by atoms with Crippen LogP contribution in [0.5, 0.6) is 0 Å². The Morgan fingerprint density at radius 3 is 2.28 bits per heavy atom. The number of nitrogens with zero attached hydrogens (tertiary/aromatic N) is 4. The van der Waals surface area contributed by atoms with Crippen molar-refractivity contribution in [1.29, 1.82) is 0 Å². The summed E-state index contributed by atoms with van der Waals surface area (Å²) in [6.07, 6.45) is 0.897. The van der Waals surface area contributed by atoms with E-state index in [9.17, 15) is 4.57 Å². The maximum atomic E-state index is 13.7. The van der Waals surface area contributed by atoms with Gasteiger partial charge in [-0.1, -0.05) is 36.4 Å². The van der Waals surface area contributed by atoms with Crippen molar-refractivity contribution in [3.05, 3.63) is 55.1 Å². The summed E-state index contributed by atoms with van der Waals surface area (Å²) < 4.78 is 52.1. The SMILES string of the molecule is CC(C)(C)OP(=O)(OC[C@H]1O[C@@H](n2cnc3c(-c4ccc5ccccc5c4)ncnc32)[C@@H]2OC(C)(C)O[C@@H]21)OC(C)(C)C. The molecular formula is C31H39N4O7P. The number of hydrogen-bond donors (Lipinski definition) is 0. The third kappa shape index (κ3) is 6.40. The average molecular weight is 611 g/mol. The number of imidazole rings is 1. The highest BCUT2D eigenvalue weighted by Crippen LogP contribution is 2.56. The highest BCUT2D eigenvalue weighted by atomic mass is 31.2. The van der Waals surface area contributed by atoms with E-state index in [-0.39, 0.29) is 6.61 Å². The summed E-state index contributed by atoms with van der Waals surface area (Å²) in [5.74, 6) is -0.870. The van der Waals surface area contributed by atoms with Crippen molar-refractivity contribution in [2.45, 2.75) is 96.9 Å². The normalized spacial score (nSPS) is 24.2. The zero-order valence-corrected chi connectivity index (χ0v) is 26.7. The number of rotatable bonds is 7. The van der Waals surface area contributed by atoms with Crippen molar-refractivity contribution in [2.75, 3.05) is 6.61 Å². The van der Waals surface area contributed by atoms with Crippen LogP contribution in [-0.4, -0.2) is 61.4 Å². The standard InChI is InChI=1S/C31H39N4O7P/c1-29(2,3)41-43(36,42-30(4,5)6)37-16-22-25-26(40-31(7,8)39-25)28(38-22)35-18-34-24-23(32-17-33-27(24)35)21-14-13-19-11-9-10-12-20(19)15-21/h9-15,17-18,22,25-26,28H,16H2,1-8H3/t22-,25-,26-,28-/m1/s1. The molecule has 4 heterocycles. The van der Waals surface area contributed by atoms with Crippen molar-refractivity contribution in [3.63, 3.8) is 0 Å². The van der Waals surface area contributed by atoms with Crippen LogP contribution in [0, 0.1) is 0 Å². The van der Waals surface area contributed by atoms with Crippen molar-refractivity contribution in [1.82, 2.24) is 19.5 Å². The fourth-order valence-electron chi connectivity index (χ4n) is 5.51. The fraction of sp³-hybridized carbons (Fsp3) is 0.516. The Morgan fingerprint density at radius 2 is 1.58 bits per heavy atom. The number of phosphoric acid groups is 1. The highest BCUT2D eigenvalue weighted by Gasteiger charge is 2.57. The molecule has 43 heavy (non-hydrogen) atoms. The van der Waals surface area contributed by atoms with Crippen LogP contribution in [0.25, 0.3) is 33.2 Å². The minimum Gasteiger partial charge on any atom is -0.347 e. The van der Waals surface area contributed by atoms with E-state index in [1.165, 1.54) is 6.33 Å². The van der Waals surface area contributed by atoms with Crippen LogP contribution in [0.4, 0.5) is 0 Å². The number of benzene rings is 2. The minimum atomic E-state index is -3.98. The Hall–Kier alpha value is -2.76. The van der Waals surface area contributed by atoms with E-state index in [2.05, 4.69) is 34.2 Å². The molecule has 4 atom stereocenters. The molecule has 12 heteroatoms. The second-order valence-corrected chi connectivity index (χ2v) is 14.9. The summed E-state index contributed by atoms with van der Waals surface area (Å²) >= 11 is 0. The Labute approximate surface area is 251 Å². The molecule has 2 fully saturated rings. The van der Waals surface area contributed by atoms with Gasteiger partial charge in [0, 0.05) is 5.56 Å². The van der Waals surface area contributed by atoms with E-state index in [4.69, 9.17) is 32.8 Å². The molecule has 230 valence electrons. The summed E-state index contributed by atoms with van der Waals surface area (Å²) in [6, 6.07) is 14.4. The third-order valence-corrected chi connectivity index (χ3v) is 8.96. The van der Waals surface area contributed by atoms with E-state index >= 15 is 0 Å². The first-order chi connectivity index (χ1) is 20.1. The number of ether oxygens (including phenoxy) is 3. The van der Waals surface area contributed by atoms with Gasteiger partial charge in [-0.3, -0.25) is 18.1 Å². The summed E-state index contributed by atoms with van der Waals surface area (Å²) in [4.78, 5) is 13.9. The highest BCUT2D eigenvalue weighted by molar-refractivity contribution is 7.48. The van der Waals surface area contributed by atoms with E-state index in [0.29, 0.717) is 16.9 Å². The van der Waals surface area contributed by atoms with Gasteiger partial charge < -0.3 is 14.2 Å². The molecule has 2 aromatic carbocycles. The molecule has 11 nitrogen and oxygen atoms in total. The molecule has 2 saturated heterocycles. The molecule has 0 saturated carbocycles. The topological polar surface area (TPSA) is 116 Å². The molecular weight excluding hydrogens is 571 g/mol. The number of fused-ring (bicyclic) bond motifs is 3. The summed E-state index contributed by atoms with van der Waals surface area (Å²) in [7, 11) is -3.98. The lowest BCUT2D eigenvalue weighted by Gasteiger charge is -2.32. The van der Waals surface area contributed by atoms with Crippen LogP contribution in [0.1, 0.15) is 61.6 Å². The Morgan fingerprint density at radius 1 is 0.907 bits per heavy atom. The minimum absolute atomic E-state index is 0.107. The molecule has 6 rings (SSSR count). The van der Waals surface area contributed by atoms with Crippen LogP contribution in [0.2, 0.25) is 0 Å². The van der Waals surface area contributed by atoms with E-state index < -0.39 is 49.4 Å². The van der Waals surface area contributed by atoms with Gasteiger partial charge in [-0.15, -0.1) is 0 Å². The first-order valence-corrected chi connectivity index (χ1v) is 15.9. The van der Waals surface area contributed by atoms with E-state index in [1.807, 2.05) is 36.6 Å². The van der Waals surface area contributed by atoms with Gasteiger partial charge in [-0.25, -0.2) is 19.5 Å². The number of aromatic nitrogens is 4. The van der Waals surface area contributed by atoms with Crippen LogP contribution in [0.15, 0.2) is 55.1 Å². The molecule has 0 spiro atoms. The second kappa shape index (κ2) is 10.7. The van der Waals surface area contributed by atoms with Crippen LogP contribution < -0.4 is 0 Å². The van der Waals surface area contributed by atoms with Gasteiger partial charge in [0.2, 0.25) is 0 Å². The molecule has 2 aromatic heterocycles. The predicted octanol–water partition coefficient (Wildman–Crippen LogP) is 6.82. The lowest BCUT2D eigenvalue weighted by Crippen LogP contribution is -2.33. The van der Waals surface area contributed by atoms with Gasteiger partial charge in [0.25, 0.3) is 0 Å². The van der Waals surface area contributed by atoms with Crippen LogP contribution in [-0.2, 0) is 32.3 Å². The monoisotopic (exact) mass is 610 g/mol. The summed E-state index contributed by atoms with van der Waals surface area (Å²) in [5, 5.41) is 2.25. The van der Waals surface area contributed by atoms with Crippen molar-refractivity contribution < 1.29 is 32.3 Å². The predicted molar refractivity (Wildman–Crippen MR) is 161 cm³/mol. The Bertz CT molecular complexity index is 1670. The zero-order valence-electron chi connectivity index (χ0n) is 25.8. The maximum absolute atomic E-state index is 13.7. The van der Waals surface area contributed by atoms with Crippen LogP contribution in [0.3, 0.4) is 0 Å². The first-order valence-electron chi connectivity index (χ1n) is 14.4. The Kier molecular flexibility index (Phi) is 7.53.